The van der Waals surface area contributed by atoms with Gasteiger partial charge in [0.25, 0.3) is 0 Å². The zero-order chi connectivity index (χ0) is 8.53. The molecule has 0 bridgehead atoms. The van der Waals surface area contributed by atoms with Gasteiger partial charge in [-0.3, -0.25) is 4.90 Å². The van der Waals surface area contributed by atoms with Crippen molar-refractivity contribution in [3.8, 4) is 0 Å². The van der Waals surface area contributed by atoms with Gasteiger partial charge in [-0.05, 0) is 13.3 Å². The van der Waals surface area contributed by atoms with Crippen LogP contribution in [0.4, 0.5) is 0 Å². The highest BCUT2D eigenvalue weighted by Crippen LogP contribution is 1.92. The first-order valence-electron chi connectivity index (χ1n) is 3.68. The predicted molar refractivity (Wildman–Crippen MR) is 50.9 cm³/mol. The third kappa shape index (κ3) is 8.13. The Kier molecular flexibility index (Phi) is 8.50. The molecule has 0 aromatic carbocycles. The first kappa shape index (κ1) is 11.2. The summed E-state index contributed by atoms with van der Waals surface area (Å²) in [5.74, 6) is 1.07. The van der Waals surface area contributed by atoms with Crippen molar-refractivity contribution in [2.24, 2.45) is 0 Å². The monoisotopic (exact) mass is 178 g/mol. The van der Waals surface area contributed by atoms with E-state index in [0.717, 1.165) is 25.7 Å². The number of rotatable bonds is 7. The molecule has 0 radical (unpaired) electrons. The highest BCUT2D eigenvalue weighted by atomic mass is 32.2. The lowest BCUT2D eigenvalue weighted by Gasteiger charge is -2.15. The largest absolute Gasteiger partial charge is 0.383 e. The maximum absolute atomic E-state index is 4.90. The van der Waals surface area contributed by atoms with Crippen LogP contribution < -0.4 is 5.32 Å². The van der Waals surface area contributed by atoms with Crippen molar-refractivity contribution in [2.45, 2.75) is 0 Å². The van der Waals surface area contributed by atoms with Gasteiger partial charge in [0, 0.05) is 26.2 Å². The molecule has 0 aliphatic carbocycles. The van der Waals surface area contributed by atoms with Crippen LogP contribution in [0.25, 0.3) is 0 Å². The van der Waals surface area contributed by atoms with Crippen LogP contribution in [0.5, 0.6) is 0 Å². The van der Waals surface area contributed by atoms with Crippen molar-refractivity contribution >= 4 is 11.8 Å². The second-order valence-electron chi connectivity index (χ2n) is 2.42. The zero-order valence-corrected chi connectivity index (χ0v) is 8.41. The van der Waals surface area contributed by atoms with Gasteiger partial charge in [-0.25, -0.2) is 0 Å². The second-order valence-corrected chi connectivity index (χ2v) is 3.26. The molecule has 11 heavy (non-hydrogen) atoms. The molecule has 0 atom stereocenters. The van der Waals surface area contributed by atoms with Gasteiger partial charge in [0.1, 0.15) is 0 Å². The number of methoxy groups -OCH3 is 1. The quantitative estimate of drug-likeness (QED) is 0.451. The van der Waals surface area contributed by atoms with E-state index in [0.29, 0.717) is 0 Å². The lowest BCUT2D eigenvalue weighted by Crippen LogP contribution is -2.32. The second kappa shape index (κ2) is 8.33. The minimum atomic E-state index is 0.785. The molecule has 0 aromatic rings. The fourth-order valence-electron chi connectivity index (χ4n) is 0.710. The van der Waals surface area contributed by atoms with E-state index in [9.17, 15) is 0 Å². The number of hydrogen-bond donors (Lipinski definition) is 1. The van der Waals surface area contributed by atoms with Crippen LogP contribution in [0.3, 0.4) is 0 Å². The molecule has 1 N–H and O–H groups in total. The Balaban J connectivity index is 2.97. The van der Waals surface area contributed by atoms with Crippen molar-refractivity contribution < 1.29 is 4.74 Å². The standard InChI is InChI=1S/C7H18N2OS/c1-9(7-11-3)6-8-4-5-10-2/h8H,4-7H2,1-3H3. The third-order valence-corrected chi connectivity index (χ3v) is 1.91. The summed E-state index contributed by atoms with van der Waals surface area (Å²) in [5.41, 5.74) is 0. The van der Waals surface area contributed by atoms with Gasteiger partial charge >= 0.3 is 0 Å². The van der Waals surface area contributed by atoms with Crippen LogP contribution >= 0.6 is 11.8 Å². The Hall–Kier alpha value is 0.230. The molecule has 0 aliphatic rings. The third-order valence-electron chi connectivity index (χ3n) is 1.21. The molecular formula is C7H18N2OS. The summed E-state index contributed by atoms with van der Waals surface area (Å²) < 4.78 is 4.90. The summed E-state index contributed by atoms with van der Waals surface area (Å²) in [4.78, 5) is 2.22. The minimum Gasteiger partial charge on any atom is -0.383 e. The Morgan fingerprint density at radius 1 is 1.55 bits per heavy atom. The lowest BCUT2D eigenvalue weighted by atomic mass is 10.7. The molecule has 3 nitrogen and oxygen atoms in total. The number of thioether (sulfide) groups is 1. The Labute approximate surface area is 73.5 Å². The van der Waals surface area contributed by atoms with Gasteiger partial charge in [0.15, 0.2) is 0 Å². The first-order chi connectivity index (χ1) is 5.31. The fourth-order valence-corrected chi connectivity index (χ4v) is 1.24. The van der Waals surface area contributed by atoms with Crippen molar-refractivity contribution in [1.82, 2.24) is 10.2 Å². The Bertz CT molecular complexity index is 82.8. The summed E-state index contributed by atoms with van der Waals surface area (Å²) in [6.07, 6.45) is 2.10. The van der Waals surface area contributed by atoms with Crippen LogP contribution in [-0.2, 0) is 4.74 Å². The van der Waals surface area contributed by atoms with E-state index < -0.39 is 0 Å². The molecule has 0 unspecified atom stereocenters. The SMILES string of the molecule is COCCNCN(C)CSC. The van der Waals surface area contributed by atoms with E-state index in [-0.39, 0.29) is 0 Å². The van der Waals surface area contributed by atoms with E-state index in [1.807, 2.05) is 11.8 Å². The molecule has 0 aliphatic heterocycles. The molecule has 0 amide bonds. The normalized spacial score (nSPS) is 10.9. The lowest BCUT2D eigenvalue weighted by molar-refractivity contribution is 0.193. The van der Waals surface area contributed by atoms with Crippen LogP contribution in [0.1, 0.15) is 0 Å². The van der Waals surface area contributed by atoms with E-state index in [4.69, 9.17) is 4.74 Å². The van der Waals surface area contributed by atoms with E-state index in [1.54, 1.807) is 7.11 Å². The summed E-state index contributed by atoms with van der Waals surface area (Å²) in [6.45, 7) is 2.65. The van der Waals surface area contributed by atoms with Crippen LogP contribution in [0, 0.1) is 0 Å². The van der Waals surface area contributed by atoms with Crippen molar-refractivity contribution in [2.75, 3.05) is 46.1 Å². The highest BCUT2D eigenvalue weighted by Gasteiger charge is 1.93. The highest BCUT2D eigenvalue weighted by molar-refractivity contribution is 7.98. The summed E-state index contributed by atoms with van der Waals surface area (Å²) in [7, 11) is 3.81. The molecule has 0 saturated carbocycles. The van der Waals surface area contributed by atoms with Crippen LogP contribution in [0.2, 0.25) is 0 Å². The van der Waals surface area contributed by atoms with E-state index in [1.165, 1.54) is 0 Å². The summed E-state index contributed by atoms with van der Waals surface area (Å²) in [5, 5.41) is 3.26. The number of hydrogen-bond acceptors (Lipinski definition) is 4. The number of ether oxygens (including phenoxy) is 1. The minimum absolute atomic E-state index is 0.785. The smallest absolute Gasteiger partial charge is 0.0587 e. The topological polar surface area (TPSA) is 24.5 Å². The van der Waals surface area contributed by atoms with Gasteiger partial charge in [-0.1, -0.05) is 0 Å². The van der Waals surface area contributed by atoms with E-state index in [2.05, 4.69) is 23.5 Å². The summed E-state index contributed by atoms with van der Waals surface area (Å²) in [6, 6.07) is 0. The Morgan fingerprint density at radius 3 is 2.82 bits per heavy atom. The average Bonchev–Trinajstić information content (AvgIpc) is 1.99. The maximum Gasteiger partial charge on any atom is 0.0587 e. The number of nitrogens with one attached hydrogen (secondary N) is 1. The van der Waals surface area contributed by atoms with Crippen LogP contribution in [0.15, 0.2) is 0 Å². The van der Waals surface area contributed by atoms with Crippen molar-refractivity contribution in [3.05, 3.63) is 0 Å². The summed E-state index contributed by atoms with van der Waals surface area (Å²) >= 11 is 1.83. The molecule has 0 saturated heterocycles. The fraction of sp³-hybridized carbons (Fsp3) is 1.00. The number of nitrogens with zero attached hydrogens (tertiary/aromatic N) is 1. The van der Waals surface area contributed by atoms with Gasteiger partial charge in [0.2, 0.25) is 0 Å². The average molecular weight is 178 g/mol. The molecule has 0 spiro atoms. The van der Waals surface area contributed by atoms with Crippen molar-refractivity contribution in [1.29, 1.82) is 0 Å². The molecule has 68 valence electrons. The van der Waals surface area contributed by atoms with Gasteiger partial charge in [-0.15, -0.1) is 11.8 Å². The molecule has 0 fully saturated rings. The molecular weight excluding hydrogens is 160 g/mol. The molecule has 4 heteroatoms. The molecule has 0 aromatic heterocycles. The Morgan fingerprint density at radius 2 is 2.27 bits per heavy atom. The molecule has 0 heterocycles. The van der Waals surface area contributed by atoms with Crippen molar-refractivity contribution in [3.63, 3.8) is 0 Å². The van der Waals surface area contributed by atoms with E-state index >= 15 is 0 Å². The van der Waals surface area contributed by atoms with Crippen LogP contribution in [-0.4, -0.2) is 51.0 Å². The zero-order valence-electron chi connectivity index (χ0n) is 7.59. The van der Waals surface area contributed by atoms with Gasteiger partial charge in [-0.2, -0.15) is 0 Å². The maximum atomic E-state index is 4.90. The first-order valence-corrected chi connectivity index (χ1v) is 5.07. The molecule has 0 rings (SSSR count). The van der Waals surface area contributed by atoms with Gasteiger partial charge in [0.05, 0.1) is 6.61 Å². The predicted octanol–water partition coefficient (Wildman–Crippen LogP) is 0.432. The van der Waals surface area contributed by atoms with Gasteiger partial charge < -0.3 is 10.1 Å².